The van der Waals surface area contributed by atoms with Crippen LogP contribution in [-0.2, 0) is 11.2 Å². The highest BCUT2D eigenvalue weighted by molar-refractivity contribution is 7.15. The molecule has 0 spiro atoms. The van der Waals surface area contributed by atoms with Crippen molar-refractivity contribution in [2.75, 3.05) is 11.9 Å². The lowest BCUT2D eigenvalue weighted by Gasteiger charge is -2.08. The minimum Gasteiger partial charge on any atom is -0.484 e. The average molecular weight is 319 g/mol. The van der Waals surface area contributed by atoms with Crippen LogP contribution in [0.15, 0.2) is 24.3 Å². The molecule has 0 atom stereocenters. The molecule has 2 aromatic rings. The maximum absolute atomic E-state index is 11.8. The minimum absolute atomic E-state index is 0.0380. The molecule has 0 aliphatic rings. The Hall–Kier alpha value is -1.95. The first-order valence-electron chi connectivity index (χ1n) is 7.43. The number of aromatic nitrogens is 2. The first-order chi connectivity index (χ1) is 10.6. The van der Waals surface area contributed by atoms with Crippen LogP contribution in [0.3, 0.4) is 0 Å². The van der Waals surface area contributed by atoms with Crippen LogP contribution in [0, 0.1) is 0 Å². The van der Waals surface area contributed by atoms with Gasteiger partial charge in [-0.15, -0.1) is 10.2 Å². The van der Waals surface area contributed by atoms with E-state index >= 15 is 0 Å². The van der Waals surface area contributed by atoms with Gasteiger partial charge in [0.2, 0.25) is 5.13 Å². The maximum atomic E-state index is 11.8. The van der Waals surface area contributed by atoms with Gasteiger partial charge in [0, 0.05) is 6.42 Å². The van der Waals surface area contributed by atoms with E-state index in [2.05, 4.69) is 36.3 Å². The highest BCUT2D eigenvalue weighted by Crippen LogP contribution is 2.19. The number of aryl methyl sites for hydroxylation is 1. The van der Waals surface area contributed by atoms with Crippen LogP contribution in [0.25, 0.3) is 0 Å². The molecule has 0 unspecified atom stereocenters. The highest BCUT2D eigenvalue weighted by atomic mass is 32.1. The maximum Gasteiger partial charge on any atom is 0.264 e. The van der Waals surface area contributed by atoms with Gasteiger partial charge in [-0.1, -0.05) is 44.2 Å². The van der Waals surface area contributed by atoms with Gasteiger partial charge in [-0.25, -0.2) is 0 Å². The van der Waals surface area contributed by atoms with Crippen LogP contribution >= 0.6 is 11.3 Å². The lowest BCUT2D eigenvalue weighted by atomic mass is 10.0. The summed E-state index contributed by atoms with van der Waals surface area (Å²) in [6, 6.07) is 7.79. The van der Waals surface area contributed by atoms with Crippen molar-refractivity contribution in [1.29, 1.82) is 0 Å². The van der Waals surface area contributed by atoms with Crippen LogP contribution in [0.1, 0.15) is 43.7 Å². The van der Waals surface area contributed by atoms with E-state index in [0.29, 0.717) is 16.8 Å². The molecule has 1 amide bonds. The van der Waals surface area contributed by atoms with E-state index in [1.165, 1.54) is 16.9 Å². The normalized spacial score (nSPS) is 10.7. The average Bonchev–Trinajstić information content (AvgIpc) is 2.93. The minimum atomic E-state index is -0.230. The predicted octanol–water partition coefficient (Wildman–Crippen LogP) is 3.63. The van der Waals surface area contributed by atoms with E-state index in [-0.39, 0.29) is 12.5 Å². The lowest BCUT2D eigenvalue weighted by Crippen LogP contribution is -2.20. The third kappa shape index (κ3) is 4.80. The highest BCUT2D eigenvalue weighted by Gasteiger charge is 2.08. The van der Waals surface area contributed by atoms with Gasteiger partial charge >= 0.3 is 0 Å². The summed E-state index contributed by atoms with van der Waals surface area (Å²) in [6.07, 6.45) is 1.89. The second-order valence-electron chi connectivity index (χ2n) is 5.31. The molecule has 6 heteroatoms. The molecule has 1 aromatic heterocycles. The molecule has 1 aromatic carbocycles. The molecule has 22 heavy (non-hydrogen) atoms. The summed E-state index contributed by atoms with van der Waals surface area (Å²) in [4.78, 5) is 11.8. The summed E-state index contributed by atoms with van der Waals surface area (Å²) >= 11 is 1.40. The summed E-state index contributed by atoms with van der Waals surface area (Å²) in [5, 5.41) is 12.1. The van der Waals surface area contributed by atoms with Crippen molar-refractivity contribution in [3.05, 3.63) is 34.8 Å². The number of anilines is 1. The molecule has 0 fully saturated rings. The molecule has 0 saturated carbocycles. The topological polar surface area (TPSA) is 64.1 Å². The Morgan fingerprint density at radius 1 is 1.27 bits per heavy atom. The molecule has 1 N–H and O–H groups in total. The quantitative estimate of drug-likeness (QED) is 0.846. The number of carbonyl (C=O) groups is 1. The van der Waals surface area contributed by atoms with Gasteiger partial charge in [0.1, 0.15) is 10.8 Å². The van der Waals surface area contributed by atoms with Crippen molar-refractivity contribution in [3.8, 4) is 5.75 Å². The number of nitrogens with one attached hydrogen (secondary N) is 1. The number of ether oxygens (including phenoxy) is 1. The summed E-state index contributed by atoms with van der Waals surface area (Å²) < 4.78 is 5.47. The van der Waals surface area contributed by atoms with Crippen LogP contribution in [0.2, 0.25) is 0 Å². The monoisotopic (exact) mass is 319 g/mol. The Labute approximate surface area is 134 Å². The number of amides is 1. The zero-order chi connectivity index (χ0) is 15.9. The van der Waals surface area contributed by atoms with Gasteiger partial charge in [0.25, 0.3) is 5.91 Å². The van der Waals surface area contributed by atoms with Crippen LogP contribution < -0.4 is 10.1 Å². The van der Waals surface area contributed by atoms with Crippen LogP contribution in [-0.4, -0.2) is 22.7 Å². The molecule has 118 valence electrons. The van der Waals surface area contributed by atoms with E-state index in [1.807, 2.05) is 24.3 Å². The molecule has 0 bridgehead atoms. The Bertz CT molecular complexity index is 608. The van der Waals surface area contributed by atoms with Gasteiger partial charge in [-0.2, -0.15) is 0 Å². The van der Waals surface area contributed by atoms with Crippen molar-refractivity contribution in [2.24, 2.45) is 0 Å². The van der Waals surface area contributed by atoms with Gasteiger partial charge < -0.3 is 4.74 Å². The van der Waals surface area contributed by atoms with Crippen molar-refractivity contribution >= 4 is 22.4 Å². The third-order valence-corrected chi connectivity index (χ3v) is 3.99. The largest absolute Gasteiger partial charge is 0.484 e. The Balaban J connectivity index is 1.81. The summed E-state index contributed by atoms with van der Waals surface area (Å²) in [5.74, 6) is 0.933. The van der Waals surface area contributed by atoms with E-state index in [0.717, 1.165) is 17.8 Å². The first kappa shape index (κ1) is 16.4. The number of carbonyl (C=O) groups excluding carboxylic acids is 1. The van der Waals surface area contributed by atoms with Crippen molar-refractivity contribution < 1.29 is 9.53 Å². The van der Waals surface area contributed by atoms with Gasteiger partial charge in [-0.3, -0.25) is 10.1 Å². The zero-order valence-electron chi connectivity index (χ0n) is 13.1. The Kier molecular flexibility index (Phi) is 5.89. The molecule has 2 rings (SSSR count). The van der Waals surface area contributed by atoms with E-state index < -0.39 is 0 Å². The van der Waals surface area contributed by atoms with Crippen LogP contribution in [0.4, 0.5) is 5.13 Å². The number of rotatable bonds is 7. The zero-order valence-corrected chi connectivity index (χ0v) is 13.9. The second-order valence-corrected chi connectivity index (χ2v) is 6.37. The fraction of sp³-hybridized carbons (Fsp3) is 0.438. The Morgan fingerprint density at radius 2 is 2.00 bits per heavy atom. The van der Waals surface area contributed by atoms with E-state index in [4.69, 9.17) is 4.74 Å². The molecule has 0 radical (unpaired) electrons. The van der Waals surface area contributed by atoms with E-state index in [9.17, 15) is 4.79 Å². The summed E-state index contributed by atoms with van der Waals surface area (Å²) in [7, 11) is 0. The van der Waals surface area contributed by atoms with Crippen LogP contribution in [0.5, 0.6) is 5.75 Å². The van der Waals surface area contributed by atoms with Crippen molar-refractivity contribution in [3.63, 3.8) is 0 Å². The van der Waals surface area contributed by atoms with Crippen molar-refractivity contribution in [1.82, 2.24) is 10.2 Å². The summed E-state index contributed by atoms with van der Waals surface area (Å²) in [5.41, 5.74) is 1.24. The first-order valence-corrected chi connectivity index (χ1v) is 8.25. The molecular weight excluding hydrogens is 298 g/mol. The molecule has 5 nitrogen and oxygen atoms in total. The fourth-order valence-electron chi connectivity index (χ4n) is 1.87. The number of benzene rings is 1. The second kappa shape index (κ2) is 7.89. The molecule has 0 saturated heterocycles. The number of hydrogen-bond acceptors (Lipinski definition) is 5. The molecule has 0 aliphatic heterocycles. The molecule has 1 heterocycles. The smallest absolute Gasteiger partial charge is 0.264 e. The third-order valence-electron chi connectivity index (χ3n) is 3.09. The predicted molar refractivity (Wildman–Crippen MR) is 88.6 cm³/mol. The van der Waals surface area contributed by atoms with Gasteiger partial charge in [-0.05, 0) is 30.0 Å². The number of hydrogen-bond donors (Lipinski definition) is 1. The summed E-state index contributed by atoms with van der Waals surface area (Å²) in [6.45, 7) is 6.32. The van der Waals surface area contributed by atoms with E-state index in [1.54, 1.807) is 0 Å². The lowest BCUT2D eigenvalue weighted by molar-refractivity contribution is -0.118. The fourth-order valence-corrected chi connectivity index (χ4v) is 2.73. The molecule has 0 aliphatic carbocycles. The standard InChI is InChI=1S/C16H21N3O2S/c1-4-5-15-18-19-16(22-15)17-14(20)10-21-13-8-6-12(7-9-13)11(2)3/h6-9,11H,4-5,10H2,1-3H3,(H,17,19,20). The van der Waals surface area contributed by atoms with Crippen molar-refractivity contribution in [2.45, 2.75) is 39.5 Å². The van der Waals surface area contributed by atoms with Gasteiger partial charge in [0.05, 0.1) is 0 Å². The number of nitrogens with zero attached hydrogens (tertiary/aromatic N) is 2. The SMILES string of the molecule is CCCc1nnc(NC(=O)COc2ccc(C(C)C)cc2)s1. The molecular formula is C16H21N3O2S. The van der Waals surface area contributed by atoms with Gasteiger partial charge in [0.15, 0.2) is 6.61 Å². The Morgan fingerprint density at radius 3 is 2.64 bits per heavy atom.